The topological polar surface area (TPSA) is 34.1 Å². The lowest BCUT2D eigenvalue weighted by molar-refractivity contribution is 0.405. The van der Waals surface area contributed by atoms with Crippen molar-refractivity contribution < 1.29 is 13.5 Å². The third-order valence-electron chi connectivity index (χ3n) is 3.10. The predicted octanol–water partition coefficient (Wildman–Crippen LogP) is 3.40. The van der Waals surface area contributed by atoms with Crippen molar-refractivity contribution in [2.75, 3.05) is 0 Å². The largest absolute Gasteiger partial charge is 0.436 e. The molecule has 1 aromatic heterocycles. The Hall–Kier alpha value is -2.01. The van der Waals surface area contributed by atoms with Crippen molar-refractivity contribution >= 4 is 0 Å². The van der Waals surface area contributed by atoms with Gasteiger partial charge in [0, 0.05) is 24.8 Å². The van der Waals surface area contributed by atoms with Crippen LogP contribution in [0.15, 0.2) is 36.5 Å². The normalized spacial score (nSPS) is 14.3. The Bertz CT molecular complexity index is 615. The molecule has 104 valence electrons. The Kier molecular flexibility index (Phi) is 3.60. The first-order valence-corrected chi connectivity index (χ1v) is 6.52. The fraction of sp³-hybridized carbons (Fsp3) is 0.267. The molecule has 2 aromatic rings. The van der Waals surface area contributed by atoms with Crippen molar-refractivity contribution in [2.45, 2.75) is 25.4 Å². The van der Waals surface area contributed by atoms with E-state index in [0.717, 1.165) is 18.2 Å². The van der Waals surface area contributed by atoms with E-state index < -0.39 is 11.6 Å². The number of nitrogens with zero attached hydrogens (tertiary/aromatic N) is 1. The number of pyridine rings is 1. The Labute approximate surface area is 115 Å². The minimum atomic E-state index is -1.00. The third kappa shape index (κ3) is 3.11. The van der Waals surface area contributed by atoms with Crippen LogP contribution in [0.4, 0.5) is 8.78 Å². The molecule has 0 amide bonds. The molecule has 1 aromatic carbocycles. The second-order valence-electron chi connectivity index (χ2n) is 4.81. The Morgan fingerprint density at radius 3 is 2.90 bits per heavy atom. The molecular formula is C15H14F2N2O. The molecule has 0 bridgehead atoms. The van der Waals surface area contributed by atoms with E-state index in [1.165, 1.54) is 25.0 Å². The van der Waals surface area contributed by atoms with Crippen LogP contribution in [0.2, 0.25) is 0 Å². The zero-order valence-corrected chi connectivity index (χ0v) is 10.8. The molecule has 1 N–H and O–H groups in total. The maximum atomic E-state index is 13.5. The highest BCUT2D eigenvalue weighted by molar-refractivity contribution is 5.30. The summed E-state index contributed by atoms with van der Waals surface area (Å²) in [6, 6.07) is 8.00. The number of benzene rings is 1. The monoisotopic (exact) mass is 276 g/mol. The van der Waals surface area contributed by atoms with Crippen LogP contribution in [0.1, 0.15) is 18.4 Å². The number of nitrogens with one attached hydrogen (secondary N) is 1. The summed E-state index contributed by atoms with van der Waals surface area (Å²) in [5.41, 5.74) is 0.999. The van der Waals surface area contributed by atoms with Crippen LogP contribution < -0.4 is 10.1 Å². The summed E-state index contributed by atoms with van der Waals surface area (Å²) in [5.74, 6) is -1.85. The van der Waals surface area contributed by atoms with Crippen molar-refractivity contribution in [2.24, 2.45) is 0 Å². The van der Waals surface area contributed by atoms with Gasteiger partial charge in [-0.15, -0.1) is 0 Å². The van der Waals surface area contributed by atoms with Gasteiger partial charge in [-0.3, -0.25) is 0 Å². The van der Waals surface area contributed by atoms with Gasteiger partial charge in [-0.2, -0.15) is 4.39 Å². The highest BCUT2D eigenvalue weighted by atomic mass is 19.2. The first kappa shape index (κ1) is 13.0. The molecule has 0 unspecified atom stereocenters. The minimum Gasteiger partial charge on any atom is -0.436 e. The standard InChI is InChI=1S/C15H14F2N2O/c16-12-2-1-3-13(15(12)17)20-14-8-10(6-7-18-14)9-19-11-4-5-11/h1-3,6-8,11,19H,4-5,9H2. The molecule has 0 saturated heterocycles. The van der Waals surface area contributed by atoms with Gasteiger partial charge in [-0.25, -0.2) is 9.37 Å². The van der Waals surface area contributed by atoms with Crippen molar-refractivity contribution in [1.82, 2.24) is 10.3 Å². The first-order chi connectivity index (χ1) is 9.72. The molecule has 1 heterocycles. The zero-order valence-electron chi connectivity index (χ0n) is 10.8. The van der Waals surface area contributed by atoms with E-state index >= 15 is 0 Å². The smallest absolute Gasteiger partial charge is 0.219 e. The summed E-state index contributed by atoms with van der Waals surface area (Å²) < 4.78 is 31.9. The van der Waals surface area contributed by atoms with E-state index in [-0.39, 0.29) is 11.6 Å². The molecule has 5 heteroatoms. The van der Waals surface area contributed by atoms with Crippen molar-refractivity contribution in [3.8, 4) is 11.6 Å². The van der Waals surface area contributed by atoms with Gasteiger partial charge in [0.2, 0.25) is 11.7 Å². The molecule has 1 saturated carbocycles. The highest BCUT2D eigenvalue weighted by Gasteiger charge is 2.20. The maximum Gasteiger partial charge on any atom is 0.219 e. The van der Waals surface area contributed by atoms with E-state index in [9.17, 15) is 8.78 Å². The zero-order chi connectivity index (χ0) is 13.9. The fourth-order valence-corrected chi connectivity index (χ4v) is 1.84. The van der Waals surface area contributed by atoms with Gasteiger partial charge in [0.1, 0.15) is 0 Å². The molecule has 1 aliphatic rings. The highest BCUT2D eigenvalue weighted by Crippen LogP contribution is 2.25. The average molecular weight is 276 g/mol. The second-order valence-corrected chi connectivity index (χ2v) is 4.81. The number of hydrogen-bond donors (Lipinski definition) is 1. The van der Waals surface area contributed by atoms with E-state index in [2.05, 4.69) is 10.3 Å². The molecule has 0 atom stereocenters. The lowest BCUT2D eigenvalue weighted by Crippen LogP contribution is -2.15. The summed E-state index contributed by atoms with van der Waals surface area (Å²) in [4.78, 5) is 4.01. The number of rotatable bonds is 5. The summed E-state index contributed by atoms with van der Waals surface area (Å²) in [6.07, 6.45) is 4.02. The first-order valence-electron chi connectivity index (χ1n) is 6.52. The number of ether oxygens (including phenoxy) is 1. The number of hydrogen-bond acceptors (Lipinski definition) is 3. The SMILES string of the molecule is Fc1cccc(Oc2cc(CNC3CC3)ccn2)c1F. The summed E-state index contributed by atoms with van der Waals surface area (Å²) in [6.45, 7) is 0.717. The molecule has 20 heavy (non-hydrogen) atoms. The Balaban J connectivity index is 1.72. The second kappa shape index (κ2) is 5.54. The van der Waals surface area contributed by atoms with Gasteiger partial charge >= 0.3 is 0 Å². The molecule has 0 aliphatic heterocycles. The lowest BCUT2D eigenvalue weighted by atomic mass is 10.2. The Morgan fingerprint density at radius 1 is 1.25 bits per heavy atom. The molecule has 3 rings (SSSR count). The molecule has 3 nitrogen and oxygen atoms in total. The van der Waals surface area contributed by atoms with Crippen LogP contribution >= 0.6 is 0 Å². The van der Waals surface area contributed by atoms with Crippen molar-refractivity contribution in [1.29, 1.82) is 0 Å². The van der Waals surface area contributed by atoms with E-state index in [4.69, 9.17) is 4.74 Å². The summed E-state index contributed by atoms with van der Waals surface area (Å²) in [7, 11) is 0. The van der Waals surface area contributed by atoms with Crippen LogP contribution in [0.25, 0.3) is 0 Å². The van der Waals surface area contributed by atoms with Gasteiger partial charge in [-0.1, -0.05) is 6.07 Å². The van der Waals surface area contributed by atoms with Gasteiger partial charge in [-0.05, 0) is 36.6 Å². The summed E-state index contributed by atoms with van der Waals surface area (Å²) >= 11 is 0. The van der Waals surface area contributed by atoms with Crippen molar-refractivity contribution in [3.05, 3.63) is 53.7 Å². The molecule has 1 aliphatic carbocycles. The molecular weight excluding hydrogens is 262 g/mol. The molecule has 1 fully saturated rings. The minimum absolute atomic E-state index is 0.162. The quantitative estimate of drug-likeness (QED) is 0.908. The lowest BCUT2D eigenvalue weighted by Gasteiger charge is -2.08. The van der Waals surface area contributed by atoms with Crippen LogP contribution in [-0.2, 0) is 6.54 Å². The maximum absolute atomic E-state index is 13.5. The van der Waals surface area contributed by atoms with Gasteiger partial charge in [0.15, 0.2) is 11.6 Å². The molecule has 0 spiro atoms. The van der Waals surface area contributed by atoms with Crippen LogP contribution in [0.5, 0.6) is 11.6 Å². The van der Waals surface area contributed by atoms with Crippen molar-refractivity contribution in [3.63, 3.8) is 0 Å². The Morgan fingerprint density at radius 2 is 2.10 bits per heavy atom. The van der Waals surface area contributed by atoms with Crippen LogP contribution in [0.3, 0.4) is 0 Å². The fourth-order valence-electron chi connectivity index (χ4n) is 1.84. The summed E-state index contributed by atoms with van der Waals surface area (Å²) in [5, 5.41) is 3.37. The van der Waals surface area contributed by atoms with Gasteiger partial charge in [0.05, 0.1) is 0 Å². The average Bonchev–Trinajstić information content (AvgIpc) is 3.26. The van der Waals surface area contributed by atoms with E-state index in [0.29, 0.717) is 6.04 Å². The van der Waals surface area contributed by atoms with Crippen LogP contribution in [-0.4, -0.2) is 11.0 Å². The third-order valence-corrected chi connectivity index (χ3v) is 3.10. The van der Waals surface area contributed by atoms with Gasteiger partial charge in [0.25, 0.3) is 0 Å². The molecule has 0 radical (unpaired) electrons. The number of halogens is 2. The number of aromatic nitrogens is 1. The van der Waals surface area contributed by atoms with Crippen LogP contribution in [0, 0.1) is 11.6 Å². The predicted molar refractivity (Wildman–Crippen MR) is 70.5 cm³/mol. The van der Waals surface area contributed by atoms with E-state index in [1.54, 1.807) is 12.3 Å². The van der Waals surface area contributed by atoms with Gasteiger partial charge < -0.3 is 10.1 Å². The van der Waals surface area contributed by atoms with E-state index in [1.807, 2.05) is 6.07 Å².